The summed E-state index contributed by atoms with van der Waals surface area (Å²) in [6, 6.07) is 17.9. The third-order valence-electron chi connectivity index (χ3n) is 3.27. The van der Waals surface area contributed by atoms with Crippen molar-refractivity contribution >= 4 is 36.6 Å². The molecular formula is C18H16N2O2S2. The molecule has 0 radical (unpaired) electrons. The second kappa shape index (κ2) is 6.98. The Bertz CT molecular complexity index is 816. The minimum Gasteiger partial charge on any atom is -0.457 e. The first-order valence-electron chi connectivity index (χ1n) is 7.14. The summed E-state index contributed by atoms with van der Waals surface area (Å²) in [5.74, 6) is 2.53. The highest BCUT2D eigenvalue weighted by Gasteiger charge is 2.04. The topological polar surface area (TPSA) is 70.5 Å². The molecule has 4 N–H and O–H groups in total. The number of ether oxygens (including phenoxy) is 2. The van der Waals surface area contributed by atoms with Gasteiger partial charge in [-0.3, -0.25) is 0 Å². The Hall–Kier alpha value is -2.44. The van der Waals surface area contributed by atoms with E-state index in [9.17, 15) is 0 Å². The molecule has 0 heterocycles. The quantitative estimate of drug-likeness (QED) is 0.392. The van der Waals surface area contributed by atoms with Crippen molar-refractivity contribution in [3.05, 3.63) is 60.7 Å². The van der Waals surface area contributed by atoms with E-state index in [1.54, 1.807) is 42.5 Å². The second-order valence-electron chi connectivity index (χ2n) is 5.12. The third-order valence-corrected chi connectivity index (χ3v) is 4.09. The summed E-state index contributed by atoms with van der Waals surface area (Å²) in [4.78, 5) is 1.43. The molecule has 0 atom stereocenters. The lowest BCUT2D eigenvalue weighted by atomic mass is 10.3. The first-order valence-corrected chi connectivity index (χ1v) is 8.03. The van der Waals surface area contributed by atoms with E-state index in [1.165, 1.54) is 0 Å². The smallest absolute Gasteiger partial charge is 0.131 e. The highest BCUT2D eigenvalue weighted by Crippen LogP contribution is 2.31. The summed E-state index contributed by atoms with van der Waals surface area (Å²) in [7, 11) is 0. The van der Waals surface area contributed by atoms with Crippen molar-refractivity contribution in [2.45, 2.75) is 9.79 Å². The van der Waals surface area contributed by atoms with E-state index in [2.05, 4.69) is 25.3 Å². The molecule has 0 aliphatic carbocycles. The van der Waals surface area contributed by atoms with Gasteiger partial charge in [0.2, 0.25) is 0 Å². The van der Waals surface area contributed by atoms with Crippen molar-refractivity contribution in [3.8, 4) is 23.0 Å². The maximum Gasteiger partial charge on any atom is 0.131 e. The second-order valence-corrected chi connectivity index (χ2v) is 6.08. The molecule has 0 spiro atoms. The average Bonchev–Trinajstić information content (AvgIpc) is 2.55. The lowest BCUT2D eigenvalue weighted by Gasteiger charge is -2.11. The molecule has 0 bridgehead atoms. The first kappa shape index (κ1) is 16.4. The maximum absolute atomic E-state index is 5.83. The monoisotopic (exact) mass is 356 g/mol. The number of rotatable bonds is 4. The number of hydrogen-bond acceptors (Lipinski definition) is 6. The molecule has 0 aromatic heterocycles. The van der Waals surface area contributed by atoms with Gasteiger partial charge in [-0.2, -0.15) is 0 Å². The first-order chi connectivity index (χ1) is 11.5. The van der Waals surface area contributed by atoms with Crippen LogP contribution in [0.25, 0.3) is 0 Å². The average molecular weight is 356 g/mol. The largest absolute Gasteiger partial charge is 0.457 e. The van der Waals surface area contributed by atoms with Crippen LogP contribution in [-0.2, 0) is 0 Å². The Morgan fingerprint density at radius 1 is 0.583 bits per heavy atom. The van der Waals surface area contributed by atoms with Crippen molar-refractivity contribution < 1.29 is 9.47 Å². The van der Waals surface area contributed by atoms with Crippen molar-refractivity contribution in [1.29, 1.82) is 0 Å². The fourth-order valence-electron chi connectivity index (χ4n) is 2.07. The van der Waals surface area contributed by atoms with Gasteiger partial charge in [0, 0.05) is 39.4 Å². The van der Waals surface area contributed by atoms with Crippen molar-refractivity contribution in [2.24, 2.45) is 0 Å². The summed E-state index contributed by atoms with van der Waals surface area (Å²) in [6.45, 7) is 0. The molecule has 0 unspecified atom stereocenters. The van der Waals surface area contributed by atoms with E-state index in [4.69, 9.17) is 20.9 Å². The van der Waals surface area contributed by atoms with Crippen molar-refractivity contribution in [2.75, 3.05) is 11.5 Å². The van der Waals surface area contributed by atoms with Gasteiger partial charge in [0.1, 0.15) is 23.0 Å². The van der Waals surface area contributed by atoms with Gasteiger partial charge in [-0.05, 0) is 36.4 Å². The molecule has 3 aromatic rings. The molecule has 0 saturated carbocycles. The lowest BCUT2D eigenvalue weighted by molar-refractivity contribution is 0.460. The zero-order valence-corrected chi connectivity index (χ0v) is 14.4. The molecule has 6 heteroatoms. The van der Waals surface area contributed by atoms with Gasteiger partial charge in [0.05, 0.1) is 0 Å². The van der Waals surface area contributed by atoms with Gasteiger partial charge >= 0.3 is 0 Å². The van der Waals surface area contributed by atoms with Gasteiger partial charge in [-0.25, -0.2) is 0 Å². The molecule has 0 saturated heterocycles. The van der Waals surface area contributed by atoms with Crippen LogP contribution in [0.2, 0.25) is 0 Å². The standard InChI is InChI=1S/C18H16N2O2S2/c19-15-9-13(4-6-17(15)23)21-11-2-1-3-12(8-11)22-14-5-7-18(24)16(20)10-14/h1-10,23-24H,19-20H2. The summed E-state index contributed by atoms with van der Waals surface area (Å²) in [6.07, 6.45) is 0. The third kappa shape index (κ3) is 3.90. The Balaban J connectivity index is 1.78. The minimum absolute atomic E-state index is 0.561. The molecule has 0 aliphatic heterocycles. The fraction of sp³-hybridized carbons (Fsp3) is 0. The summed E-state index contributed by atoms with van der Waals surface area (Å²) in [5, 5.41) is 0. The van der Waals surface area contributed by atoms with Crippen molar-refractivity contribution in [3.63, 3.8) is 0 Å². The van der Waals surface area contributed by atoms with E-state index in [1.807, 2.05) is 18.2 Å². The van der Waals surface area contributed by atoms with Gasteiger partial charge in [0.15, 0.2) is 0 Å². The molecule has 122 valence electrons. The molecule has 0 aliphatic rings. The SMILES string of the molecule is Nc1cc(Oc2cccc(Oc3ccc(S)c(N)c3)c2)ccc1S. The Morgan fingerprint density at radius 3 is 1.42 bits per heavy atom. The fourth-order valence-corrected chi connectivity index (χ4v) is 2.34. The van der Waals surface area contributed by atoms with E-state index < -0.39 is 0 Å². The predicted molar refractivity (Wildman–Crippen MR) is 103 cm³/mol. The molecule has 4 nitrogen and oxygen atoms in total. The van der Waals surface area contributed by atoms with Crippen LogP contribution in [0.15, 0.2) is 70.5 Å². The summed E-state index contributed by atoms with van der Waals surface area (Å²) in [5.41, 5.74) is 12.8. The van der Waals surface area contributed by atoms with Crippen LogP contribution in [0.3, 0.4) is 0 Å². The van der Waals surface area contributed by atoms with E-state index in [-0.39, 0.29) is 0 Å². The van der Waals surface area contributed by atoms with Gasteiger partial charge < -0.3 is 20.9 Å². The number of anilines is 2. The van der Waals surface area contributed by atoms with Gasteiger partial charge in [-0.1, -0.05) is 6.07 Å². The molecule has 3 rings (SSSR count). The van der Waals surface area contributed by atoms with Crippen LogP contribution < -0.4 is 20.9 Å². The van der Waals surface area contributed by atoms with Crippen LogP contribution in [0, 0.1) is 0 Å². The predicted octanol–water partition coefficient (Wildman–Crippen LogP) is 5.01. The van der Waals surface area contributed by atoms with Crippen LogP contribution in [0.1, 0.15) is 0 Å². The Kier molecular flexibility index (Phi) is 4.78. The number of nitrogen functional groups attached to an aromatic ring is 2. The Labute approximate surface area is 151 Å². The zero-order chi connectivity index (χ0) is 17.1. The lowest BCUT2D eigenvalue weighted by Crippen LogP contribution is -1.91. The van der Waals surface area contributed by atoms with E-state index in [0.29, 0.717) is 44.2 Å². The number of hydrogen-bond donors (Lipinski definition) is 4. The normalized spacial score (nSPS) is 10.4. The van der Waals surface area contributed by atoms with E-state index >= 15 is 0 Å². The molecule has 24 heavy (non-hydrogen) atoms. The molecular weight excluding hydrogens is 340 g/mol. The number of nitrogens with two attached hydrogens (primary N) is 2. The summed E-state index contributed by atoms with van der Waals surface area (Å²) >= 11 is 8.48. The molecule has 3 aromatic carbocycles. The molecule has 0 amide bonds. The highest BCUT2D eigenvalue weighted by molar-refractivity contribution is 7.80. The van der Waals surface area contributed by atoms with E-state index in [0.717, 1.165) is 0 Å². The number of benzene rings is 3. The van der Waals surface area contributed by atoms with Gasteiger partial charge in [0.25, 0.3) is 0 Å². The maximum atomic E-state index is 5.83. The van der Waals surface area contributed by atoms with Gasteiger partial charge in [-0.15, -0.1) is 25.3 Å². The molecule has 0 fully saturated rings. The van der Waals surface area contributed by atoms with Crippen molar-refractivity contribution in [1.82, 2.24) is 0 Å². The summed E-state index contributed by atoms with van der Waals surface area (Å²) < 4.78 is 11.6. The van der Waals surface area contributed by atoms with Crippen LogP contribution in [0.4, 0.5) is 11.4 Å². The highest BCUT2D eigenvalue weighted by atomic mass is 32.1. The minimum atomic E-state index is 0.561. The van der Waals surface area contributed by atoms with Crippen LogP contribution >= 0.6 is 25.3 Å². The van der Waals surface area contributed by atoms with Crippen LogP contribution in [-0.4, -0.2) is 0 Å². The van der Waals surface area contributed by atoms with Crippen LogP contribution in [0.5, 0.6) is 23.0 Å². The zero-order valence-electron chi connectivity index (χ0n) is 12.6. The Morgan fingerprint density at radius 2 is 1.00 bits per heavy atom. The number of thiol groups is 2.